The Labute approximate surface area is 114 Å². The van der Waals surface area contributed by atoms with Crippen molar-refractivity contribution in [2.75, 3.05) is 14.2 Å². The first-order valence-electron chi connectivity index (χ1n) is 5.58. The van der Waals surface area contributed by atoms with E-state index in [-0.39, 0.29) is 29.1 Å². The summed E-state index contributed by atoms with van der Waals surface area (Å²) >= 11 is 0. The number of ether oxygens (including phenoxy) is 3. The Balaban J connectivity index is 2.29. The summed E-state index contributed by atoms with van der Waals surface area (Å²) in [6, 6.07) is 7.28. The Morgan fingerprint density at radius 3 is 2.30 bits per heavy atom. The van der Waals surface area contributed by atoms with Gasteiger partial charge in [-0.15, -0.1) is 0 Å². The number of nitrogens with zero attached hydrogens (tertiary/aromatic N) is 2. The molecule has 1 aromatic heterocycles. The van der Waals surface area contributed by atoms with Crippen molar-refractivity contribution in [3.05, 3.63) is 35.9 Å². The molecule has 20 heavy (non-hydrogen) atoms. The highest BCUT2D eigenvalue weighted by molar-refractivity contribution is 5.86. The first kappa shape index (κ1) is 13.6. The first-order valence-corrected chi connectivity index (χ1v) is 5.58. The van der Waals surface area contributed by atoms with E-state index in [0.717, 1.165) is 0 Å². The van der Waals surface area contributed by atoms with E-state index in [2.05, 4.69) is 9.97 Å². The minimum Gasteiger partial charge on any atom is -0.545 e. The molecule has 104 valence electrons. The molecule has 0 spiro atoms. The van der Waals surface area contributed by atoms with Crippen LogP contribution in [0.25, 0.3) is 0 Å². The lowest BCUT2D eigenvalue weighted by Gasteiger charge is -2.09. The molecule has 0 N–H and O–H groups in total. The number of aromatic nitrogens is 2. The van der Waals surface area contributed by atoms with Crippen LogP contribution in [-0.4, -0.2) is 30.2 Å². The molecule has 0 unspecified atom stereocenters. The standard InChI is InChI=1S/C13H12N2O5/c1-18-10-7-11(19-2)15-13(14-10)20-9-5-3-4-8(6-9)12(16)17/h3-7H,1-2H3,(H,16,17)/p-1. The molecule has 0 amide bonds. The van der Waals surface area contributed by atoms with Gasteiger partial charge in [-0.25, -0.2) is 0 Å². The molecule has 0 bridgehead atoms. The number of benzene rings is 1. The second-order valence-corrected chi connectivity index (χ2v) is 3.65. The van der Waals surface area contributed by atoms with E-state index < -0.39 is 5.97 Å². The summed E-state index contributed by atoms with van der Waals surface area (Å²) in [6.07, 6.45) is 0. The molecule has 0 saturated carbocycles. The Kier molecular flexibility index (Phi) is 3.99. The number of methoxy groups -OCH3 is 2. The lowest BCUT2D eigenvalue weighted by atomic mass is 10.2. The molecule has 0 radical (unpaired) electrons. The van der Waals surface area contributed by atoms with Crippen molar-refractivity contribution in [3.63, 3.8) is 0 Å². The number of carbonyl (C=O) groups is 1. The Morgan fingerprint density at radius 1 is 1.10 bits per heavy atom. The van der Waals surface area contributed by atoms with Crippen molar-refractivity contribution < 1.29 is 24.1 Å². The molecule has 0 aliphatic heterocycles. The molecule has 2 aromatic rings. The molecule has 7 nitrogen and oxygen atoms in total. The average Bonchev–Trinajstić information content (AvgIpc) is 2.47. The van der Waals surface area contributed by atoms with Crippen LogP contribution >= 0.6 is 0 Å². The van der Waals surface area contributed by atoms with Gasteiger partial charge in [0.1, 0.15) is 5.75 Å². The van der Waals surface area contributed by atoms with E-state index in [9.17, 15) is 9.90 Å². The zero-order chi connectivity index (χ0) is 14.5. The van der Waals surface area contributed by atoms with Gasteiger partial charge in [-0.05, 0) is 12.1 Å². The van der Waals surface area contributed by atoms with Gasteiger partial charge in [0.15, 0.2) is 0 Å². The van der Waals surface area contributed by atoms with Gasteiger partial charge in [0.25, 0.3) is 0 Å². The van der Waals surface area contributed by atoms with Crippen molar-refractivity contribution in [2.45, 2.75) is 0 Å². The van der Waals surface area contributed by atoms with E-state index in [1.807, 2.05) is 0 Å². The summed E-state index contributed by atoms with van der Waals surface area (Å²) in [5.74, 6) is -0.493. The van der Waals surface area contributed by atoms with Crippen molar-refractivity contribution >= 4 is 5.97 Å². The molecule has 0 aliphatic rings. The van der Waals surface area contributed by atoms with Crippen LogP contribution < -0.4 is 19.3 Å². The molecule has 0 aliphatic carbocycles. The maximum Gasteiger partial charge on any atom is 0.328 e. The highest BCUT2D eigenvalue weighted by atomic mass is 16.5. The van der Waals surface area contributed by atoms with Crippen LogP contribution in [-0.2, 0) is 0 Å². The van der Waals surface area contributed by atoms with Gasteiger partial charge in [0.2, 0.25) is 11.8 Å². The minimum absolute atomic E-state index is 0.00244. The largest absolute Gasteiger partial charge is 0.545 e. The van der Waals surface area contributed by atoms with E-state index in [4.69, 9.17) is 14.2 Å². The maximum absolute atomic E-state index is 10.8. The molecule has 0 atom stereocenters. The SMILES string of the molecule is COc1cc(OC)nc(Oc2cccc(C(=O)[O-])c2)n1. The fourth-order valence-corrected chi connectivity index (χ4v) is 1.43. The van der Waals surface area contributed by atoms with Crippen molar-refractivity contribution in [2.24, 2.45) is 0 Å². The van der Waals surface area contributed by atoms with Crippen LogP contribution in [0.4, 0.5) is 0 Å². The van der Waals surface area contributed by atoms with Crippen molar-refractivity contribution in [1.82, 2.24) is 9.97 Å². The van der Waals surface area contributed by atoms with Crippen LogP contribution in [0.5, 0.6) is 23.5 Å². The third kappa shape index (κ3) is 3.14. The minimum atomic E-state index is -1.29. The van der Waals surface area contributed by atoms with Crippen molar-refractivity contribution in [3.8, 4) is 23.5 Å². The second-order valence-electron chi connectivity index (χ2n) is 3.65. The first-order chi connectivity index (χ1) is 9.62. The molecule has 7 heteroatoms. The molecule has 0 fully saturated rings. The third-order valence-electron chi connectivity index (χ3n) is 2.36. The van der Waals surface area contributed by atoms with Gasteiger partial charge in [0, 0.05) is 5.56 Å². The molecule has 0 saturated heterocycles. The number of carboxylic acids is 1. The van der Waals surface area contributed by atoms with Gasteiger partial charge < -0.3 is 24.1 Å². The van der Waals surface area contributed by atoms with Gasteiger partial charge in [-0.3, -0.25) is 0 Å². The Bertz CT molecular complexity index is 608. The topological polar surface area (TPSA) is 93.6 Å². The van der Waals surface area contributed by atoms with Crippen LogP contribution in [0, 0.1) is 0 Å². The average molecular weight is 275 g/mol. The van der Waals surface area contributed by atoms with Gasteiger partial charge in [-0.1, -0.05) is 12.1 Å². The normalized spacial score (nSPS) is 9.90. The number of hydrogen-bond acceptors (Lipinski definition) is 7. The predicted molar refractivity (Wildman–Crippen MR) is 66.0 cm³/mol. The molecule has 1 aromatic carbocycles. The van der Waals surface area contributed by atoms with Crippen LogP contribution in [0.1, 0.15) is 10.4 Å². The zero-order valence-electron chi connectivity index (χ0n) is 10.8. The lowest BCUT2D eigenvalue weighted by molar-refractivity contribution is -0.255. The van der Waals surface area contributed by atoms with Gasteiger partial charge >= 0.3 is 6.01 Å². The van der Waals surface area contributed by atoms with E-state index >= 15 is 0 Å². The maximum atomic E-state index is 10.8. The highest BCUT2D eigenvalue weighted by Crippen LogP contribution is 2.24. The smallest absolute Gasteiger partial charge is 0.328 e. The summed E-state index contributed by atoms with van der Waals surface area (Å²) in [5, 5.41) is 10.8. The number of aromatic carboxylic acids is 1. The Morgan fingerprint density at radius 2 is 1.75 bits per heavy atom. The Hall–Kier alpha value is -2.83. The highest BCUT2D eigenvalue weighted by Gasteiger charge is 2.08. The van der Waals surface area contributed by atoms with E-state index in [1.165, 1.54) is 38.5 Å². The summed E-state index contributed by atoms with van der Waals surface area (Å²) in [5.41, 5.74) is -0.00244. The summed E-state index contributed by atoms with van der Waals surface area (Å²) < 4.78 is 15.3. The summed E-state index contributed by atoms with van der Waals surface area (Å²) in [6.45, 7) is 0. The number of carbonyl (C=O) groups excluding carboxylic acids is 1. The quantitative estimate of drug-likeness (QED) is 0.790. The predicted octanol–water partition coefficient (Wildman–Crippen LogP) is 0.650. The number of carboxylic acid groups (broad SMARTS) is 1. The van der Waals surface area contributed by atoms with Crippen LogP contribution in [0.2, 0.25) is 0 Å². The fraction of sp³-hybridized carbons (Fsp3) is 0.154. The van der Waals surface area contributed by atoms with E-state index in [1.54, 1.807) is 6.07 Å². The van der Waals surface area contributed by atoms with Crippen LogP contribution in [0.15, 0.2) is 30.3 Å². The van der Waals surface area contributed by atoms with E-state index in [0.29, 0.717) is 0 Å². The fourth-order valence-electron chi connectivity index (χ4n) is 1.43. The van der Waals surface area contributed by atoms with Crippen molar-refractivity contribution in [1.29, 1.82) is 0 Å². The summed E-state index contributed by atoms with van der Waals surface area (Å²) in [4.78, 5) is 18.7. The molecular formula is C13H11N2O5-. The zero-order valence-corrected chi connectivity index (χ0v) is 10.8. The number of rotatable bonds is 5. The molecule has 1 heterocycles. The van der Waals surface area contributed by atoms with Gasteiger partial charge in [-0.2, -0.15) is 9.97 Å². The van der Waals surface area contributed by atoms with Crippen LogP contribution in [0.3, 0.4) is 0 Å². The van der Waals surface area contributed by atoms with Gasteiger partial charge in [0.05, 0.1) is 26.3 Å². The molecular weight excluding hydrogens is 264 g/mol. The summed E-state index contributed by atoms with van der Waals surface area (Å²) in [7, 11) is 2.89. The number of hydrogen-bond donors (Lipinski definition) is 0. The lowest BCUT2D eigenvalue weighted by Crippen LogP contribution is -2.22. The molecule has 2 rings (SSSR count). The second kappa shape index (κ2) is 5.87. The third-order valence-corrected chi connectivity index (χ3v) is 2.36. The monoisotopic (exact) mass is 275 g/mol.